The molecule has 0 bridgehead atoms. The third-order valence-electron chi connectivity index (χ3n) is 3.96. The lowest BCUT2D eigenvalue weighted by atomic mass is 9.77. The number of nitrogens with zero attached hydrogens (tertiary/aromatic N) is 2. The largest absolute Gasteiger partial charge is 0.376 e. The summed E-state index contributed by atoms with van der Waals surface area (Å²) in [4.78, 5) is 0. The van der Waals surface area contributed by atoms with E-state index >= 15 is 0 Å². The molecule has 1 saturated carbocycles. The fraction of sp³-hybridized carbons (Fsp3) is 0.412. The topological polar surface area (TPSA) is 67.8 Å². The molecular weight excluding hydrogens is 248 g/mol. The second-order valence-electron chi connectivity index (χ2n) is 5.52. The van der Waals surface area contributed by atoms with Gasteiger partial charge < -0.3 is 5.11 Å². The molecule has 2 rings (SSSR count). The van der Waals surface area contributed by atoms with E-state index in [1.54, 1.807) is 24.3 Å². The van der Waals surface area contributed by atoms with Crippen LogP contribution in [0.25, 0.3) is 0 Å². The molecule has 0 unspecified atom stereocenters. The van der Waals surface area contributed by atoms with Gasteiger partial charge in [-0.3, -0.25) is 0 Å². The molecule has 0 saturated heterocycles. The van der Waals surface area contributed by atoms with Crippen molar-refractivity contribution in [3.05, 3.63) is 35.4 Å². The molecule has 0 aromatic heterocycles. The highest BCUT2D eigenvalue weighted by atomic mass is 16.3. The number of nitriles is 2. The van der Waals surface area contributed by atoms with E-state index in [1.165, 1.54) is 0 Å². The number of rotatable bonds is 2. The fourth-order valence-corrected chi connectivity index (χ4v) is 2.37. The zero-order valence-electron chi connectivity index (χ0n) is 11.6. The average Bonchev–Trinajstić information content (AvgIpc) is 3.26. The van der Waals surface area contributed by atoms with Crippen LogP contribution in [0.2, 0.25) is 0 Å². The Bertz CT molecular complexity index is 663. The molecule has 0 amide bonds. The summed E-state index contributed by atoms with van der Waals surface area (Å²) in [5, 5.41) is 29.2. The predicted octanol–water partition coefficient (Wildman–Crippen LogP) is 2.60. The highest BCUT2D eigenvalue weighted by Crippen LogP contribution is 2.56. The summed E-state index contributed by atoms with van der Waals surface area (Å²) in [5.41, 5.74) is -1.02. The van der Waals surface area contributed by atoms with Gasteiger partial charge in [-0.1, -0.05) is 37.8 Å². The van der Waals surface area contributed by atoms with Gasteiger partial charge in [0, 0.05) is 5.56 Å². The first kappa shape index (κ1) is 14.1. The molecule has 3 nitrogen and oxygen atoms in total. The van der Waals surface area contributed by atoms with Gasteiger partial charge in [0.05, 0.1) is 17.0 Å². The molecule has 0 heterocycles. The van der Waals surface area contributed by atoms with Crippen LogP contribution in [-0.2, 0) is 0 Å². The number of benzene rings is 1. The molecule has 1 fully saturated rings. The van der Waals surface area contributed by atoms with Gasteiger partial charge in [0.1, 0.15) is 11.7 Å². The van der Waals surface area contributed by atoms with Crippen LogP contribution in [0.4, 0.5) is 0 Å². The van der Waals surface area contributed by atoms with E-state index in [9.17, 15) is 10.4 Å². The average molecular weight is 264 g/mol. The third kappa shape index (κ3) is 2.16. The zero-order valence-corrected chi connectivity index (χ0v) is 11.6. The molecule has 1 aromatic carbocycles. The number of aliphatic hydroxyl groups is 1. The van der Waals surface area contributed by atoms with Crippen LogP contribution < -0.4 is 0 Å². The molecule has 3 heteroatoms. The molecule has 1 aromatic rings. The normalized spacial score (nSPS) is 18.1. The van der Waals surface area contributed by atoms with Crippen LogP contribution in [0.5, 0.6) is 0 Å². The molecular formula is C17H16N2O. The molecule has 1 aliphatic carbocycles. The maximum Gasteiger partial charge on any atom is 0.146 e. The SMILES string of the molecule is CC(C)[C@](O)(C#Cc1ccccc1C#N)C1(C#N)CC1. The Labute approximate surface area is 119 Å². The van der Waals surface area contributed by atoms with Crippen molar-refractivity contribution in [2.75, 3.05) is 0 Å². The minimum absolute atomic E-state index is 0.147. The van der Waals surface area contributed by atoms with Crippen molar-refractivity contribution in [2.45, 2.75) is 32.3 Å². The fourth-order valence-electron chi connectivity index (χ4n) is 2.37. The van der Waals surface area contributed by atoms with E-state index in [-0.39, 0.29) is 5.92 Å². The highest BCUT2D eigenvalue weighted by Gasteiger charge is 2.60. The van der Waals surface area contributed by atoms with E-state index in [0.717, 1.165) is 0 Å². The summed E-state index contributed by atoms with van der Waals surface area (Å²) in [5.74, 6) is 5.62. The van der Waals surface area contributed by atoms with Crippen molar-refractivity contribution in [1.82, 2.24) is 0 Å². The monoisotopic (exact) mass is 264 g/mol. The van der Waals surface area contributed by atoms with Crippen LogP contribution in [0.3, 0.4) is 0 Å². The van der Waals surface area contributed by atoms with Crippen molar-refractivity contribution in [3.8, 4) is 24.0 Å². The Balaban J connectivity index is 2.44. The van der Waals surface area contributed by atoms with Crippen molar-refractivity contribution >= 4 is 0 Å². The van der Waals surface area contributed by atoms with E-state index < -0.39 is 11.0 Å². The molecule has 20 heavy (non-hydrogen) atoms. The smallest absolute Gasteiger partial charge is 0.146 e. The van der Waals surface area contributed by atoms with Gasteiger partial charge in [-0.05, 0) is 30.9 Å². The van der Waals surface area contributed by atoms with Crippen LogP contribution >= 0.6 is 0 Å². The second kappa shape index (κ2) is 5.01. The summed E-state index contributed by atoms with van der Waals surface area (Å²) < 4.78 is 0. The molecule has 1 N–H and O–H groups in total. The number of hydrogen-bond donors (Lipinski definition) is 1. The predicted molar refractivity (Wildman–Crippen MR) is 75.1 cm³/mol. The summed E-state index contributed by atoms with van der Waals surface area (Å²) in [6.45, 7) is 3.73. The third-order valence-corrected chi connectivity index (χ3v) is 3.96. The Hall–Kier alpha value is -2.28. The first-order valence-electron chi connectivity index (χ1n) is 6.65. The van der Waals surface area contributed by atoms with E-state index in [1.807, 2.05) is 13.8 Å². The Morgan fingerprint density at radius 3 is 2.25 bits per heavy atom. The van der Waals surface area contributed by atoms with Crippen molar-refractivity contribution < 1.29 is 5.11 Å². The summed E-state index contributed by atoms with van der Waals surface area (Å²) in [6, 6.07) is 11.3. The second-order valence-corrected chi connectivity index (χ2v) is 5.52. The summed E-state index contributed by atoms with van der Waals surface area (Å²) in [6.07, 6.45) is 1.35. The van der Waals surface area contributed by atoms with Gasteiger partial charge in [0.25, 0.3) is 0 Å². The van der Waals surface area contributed by atoms with E-state index in [4.69, 9.17) is 5.26 Å². The molecule has 0 aliphatic heterocycles. The Kier molecular flexibility index (Phi) is 3.54. The molecule has 100 valence electrons. The summed E-state index contributed by atoms with van der Waals surface area (Å²) in [7, 11) is 0. The van der Waals surface area contributed by atoms with Crippen molar-refractivity contribution in [3.63, 3.8) is 0 Å². The molecule has 0 spiro atoms. The molecule has 1 aliphatic rings. The lowest BCUT2D eigenvalue weighted by Gasteiger charge is -2.31. The Morgan fingerprint density at radius 1 is 1.20 bits per heavy atom. The maximum absolute atomic E-state index is 10.8. The van der Waals surface area contributed by atoms with E-state index in [2.05, 4.69) is 24.0 Å². The van der Waals surface area contributed by atoms with Crippen molar-refractivity contribution in [1.29, 1.82) is 10.5 Å². The minimum atomic E-state index is -1.33. The molecule has 0 radical (unpaired) electrons. The zero-order chi connectivity index (χ0) is 14.8. The molecule has 1 atom stereocenters. The first-order chi connectivity index (χ1) is 9.49. The minimum Gasteiger partial charge on any atom is -0.376 e. The quantitative estimate of drug-likeness (QED) is 0.835. The van der Waals surface area contributed by atoms with Crippen LogP contribution in [-0.4, -0.2) is 10.7 Å². The van der Waals surface area contributed by atoms with Crippen LogP contribution in [0.15, 0.2) is 24.3 Å². The van der Waals surface area contributed by atoms with Gasteiger partial charge in [-0.25, -0.2) is 0 Å². The van der Waals surface area contributed by atoms with Crippen molar-refractivity contribution in [2.24, 2.45) is 11.3 Å². The van der Waals surface area contributed by atoms with Gasteiger partial charge in [0.2, 0.25) is 0 Å². The lowest BCUT2D eigenvalue weighted by molar-refractivity contribution is 0.00476. The van der Waals surface area contributed by atoms with Crippen LogP contribution in [0.1, 0.15) is 37.8 Å². The maximum atomic E-state index is 10.8. The first-order valence-corrected chi connectivity index (χ1v) is 6.65. The van der Waals surface area contributed by atoms with E-state index in [0.29, 0.717) is 24.0 Å². The summed E-state index contributed by atoms with van der Waals surface area (Å²) >= 11 is 0. The van der Waals surface area contributed by atoms with Gasteiger partial charge in [-0.15, -0.1) is 0 Å². The lowest BCUT2D eigenvalue weighted by Crippen LogP contribution is -2.42. The van der Waals surface area contributed by atoms with Gasteiger partial charge >= 0.3 is 0 Å². The van der Waals surface area contributed by atoms with Crippen LogP contribution in [0, 0.1) is 45.8 Å². The van der Waals surface area contributed by atoms with Gasteiger partial charge in [0.15, 0.2) is 0 Å². The Morgan fingerprint density at radius 2 is 1.80 bits per heavy atom. The highest BCUT2D eigenvalue weighted by molar-refractivity contribution is 5.49. The standard InChI is InChI=1S/C17H16N2O/c1-13(2)17(20,16(12-19)9-10-16)8-7-14-5-3-4-6-15(14)11-18/h3-6,13,20H,9-10H2,1-2H3/t17-/m1/s1. The van der Waals surface area contributed by atoms with Gasteiger partial charge in [-0.2, -0.15) is 10.5 Å². The number of hydrogen-bond acceptors (Lipinski definition) is 3.